The maximum absolute atomic E-state index is 12.6. The third-order valence-electron chi connectivity index (χ3n) is 6.29. The Morgan fingerprint density at radius 3 is 2.10 bits per heavy atom. The number of nitrogens with one attached hydrogen (secondary N) is 1. The fourth-order valence-corrected chi connectivity index (χ4v) is 4.96. The van der Waals surface area contributed by atoms with Gasteiger partial charge in [-0.05, 0) is 46.7 Å². The second kappa shape index (κ2) is 6.99. The number of hydrogen-bond donors (Lipinski definition) is 1. The first kappa shape index (κ1) is 17.9. The van der Waals surface area contributed by atoms with Crippen molar-refractivity contribution in [3.63, 3.8) is 0 Å². The maximum Gasteiger partial charge on any atom is 0.271 e. The first-order chi connectivity index (χ1) is 14.1. The molecule has 0 radical (unpaired) electrons. The summed E-state index contributed by atoms with van der Waals surface area (Å²) >= 11 is 0. The molecule has 2 aromatic carbocycles. The zero-order valence-electron chi connectivity index (χ0n) is 16.7. The zero-order chi connectivity index (χ0) is 20.0. The molecule has 146 valence electrons. The molecule has 5 nitrogen and oxygen atoms in total. The first-order valence-corrected chi connectivity index (χ1v) is 10.1. The van der Waals surface area contributed by atoms with E-state index in [1.807, 2.05) is 25.1 Å². The Labute approximate surface area is 170 Å². The highest BCUT2D eigenvalue weighted by molar-refractivity contribution is 5.92. The van der Waals surface area contributed by atoms with Gasteiger partial charge in [-0.15, -0.1) is 10.2 Å². The molecule has 1 amide bonds. The Balaban J connectivity index is 1.37. The molecule has 1 unspecified atom stereocenters. The molecule has 3 aliphatic rings. The third kappa shape index (κ3) is 2.97. The number of carbonyl (C=O) groups is 1. The topological polar surface area (TPSA) is 58.1 Å². The molecule has 1 N–H and O–H groups in total. The van der Waals surface area contributed by atoms with Crippen LogP contribution in [0.1, 0.15) is 51.0 Å². The van der Waals surface area contributed by atoms with Crippen molar-refractivity contribution in [3.05, 3.63) is 88.6 Å². The van der Waals surface area contributed by atoms with Crippen molar-refractivity contribution >= 4 is 11.7 Å². The van der Waals surface area contributed by atoms with Crippen LogP contribution in [0, 0.1) is 5.92 Å². The van der Waals surface area contributed by atoms with Crippen molar-refractivity contribution in [1.82, 2.24) is 15.5 Å². The molecule has 3 aliphatic carbocycles. The largest absolute Gasteiger partial charge is 0.361 e. The summed E-state index contributed by atoms with van der Waals surface area (Å²) in [5, 5.41) is 11.3. The summed E-state index contributed by atoms with van der Waals surface area (Å²) in [6.07, 6.45) is 1.06. The minimum atomic E-state index is -0.161. The summed E-state index contributed by atoms with van der Waals surface area (Å²) in [4.78, 5) is 14.5. The van der Waals surface area contributed by atoms with E-state index in [4.69, 9.17) is 0 Å². The van der Waals surface area contributed by atoms with Gasteiger partial charge in [-0.3, -0.25) is 4.79 Å². The van der Waals surface area contributed by atoms with Crippen molar-refractivity contribution in [2.75, 3.05) is 25.5 Å². The first-order valence-electron chi connectivity index (χ1n) is 10.1. The van der Waals surface area contributed by atoms with E-state index in [9.17, 15) is 4.79 Å². The van der Waals surface area contributed by atoms with E-state index in [2.05, 4.69) is 64.0 Å². The molecular weight excluding hydrogens is 360 g/mol. The Hall–Kier alpha value is -3.21. The third-order valence-corrected chi connectivity index (χ3v) is 6.29. The summed E-state index contributed by atoms with van der Waals surface area (Å²) in [6, 6.07) is 21.1. The number of aromatic nitrogens is 2. The fraction of sp³-hybridized carbons (Fsp3) is 0.292. The van der Waals surface area contributed by atoms with Crippen molar-refractivity contribution in [3.8, 4) is 0 Å². The van der Waals surface area contributed by atoms with Gasteiger partial charge in [-0.1, -0.05) is 48.5 Å². The van der Waals surface area contributed by atoms with Gasteiger partial charge in [0.2, 0.25) is 0 Å². The Bertz CT molecular complexity index is 1010. The van der Waals surface area contributed by atoms with Crippen LogP contribution in [0.2, 0.25) is 0 Å². The van der Waals surface area contributed by atoms with Crippen LogP contribution in [0.5, 0.6) is 0 Å². The van der Waals surface area contributed by atoms with Gasteiger partial charge in [-0.25, -0.2) is 0 Å². The lowest BCUT2D eigenvalue weighted by molar-refractivity contribution is 0.0937. The van der Waals surface area contributed by atoms with Crippen LogP contribution in [0.4, 0.5) is 5.82 Å². The number of anilines is 1. The van der Waals surface area contributed by atoms with Gasteiger partial charge >= 0.3 is 0 Å². The van der Waals surface area contributed by atoms with Crippen molar-refractivity contribution in [2.45, 2.75) is 18.3 Å². The maximum atomic E-state index is 12.6. The van der Waals surface area contributed by atoms with E-state index in [1.165, 1.54) is 22.3 Å². The van der Waals surface area contributed by atoms with E-state index in [0.717, 1.165) is 12.2 Å². The fourth-order valence-electron chi connectivity index (χ4n) is 4.96. The molecule has 0 spiro atoms. The van der Waals surface area contributed by atoms with E-state index < -0.39 is 0 Å². The van der Waals surface area contributed by atoms with Crippen LogP contribution in [-0.4, -0.2) is 36.7 Å². The van der Waals surface area contributed by atoms with E-state index in [1.54, 1.807) is 6.07 Å². The molecule has 3 aromatic rings. The predicted molar refractivity (Wildman–Crippen MR) is 113 cm³/mol. The highest BCUT2D eigenvalue weighted by atomic mass is 16.1. The Morgan fingerprint density at radius 2 is 1.55 bits per heavy atom. The molecule has 0 aliphatic heterocycles. The van der Waals surface area contributed by atoms with E-state index in [-0.39, 0.29) is 5.91 Å². The lowest BCUT2D eigenvalue weighted by Gasteiger charge is -2.45. The van der Waals surface area contributed by atoms with Crippen LogP contribution < -0.4 is 10.2 Å². The van der Waals surface area contributed by atoms with Crippen molar-refractivity contribution < 1.29 is 4.79 Å². The van der Waals surface area contributed by atoms with Crippen LogP contribution in [-0.2, 0) is 0 Å². The van der Waals surface area contributed by atoms with Gasteiger partial charge < -0.3 is 10.2 Å². The highest BCUT2D eigenvalue weighted by Crippen LogP contribution is 2.55. The van der Waals surface area contributed by atoms with E-state index in [0.29, 0.717) is 30.0 Å². The number of amides is 1. The molecule has 0 saturated heterocycles. The van der Waals surface area contributed by atoms with Crippen LogP contribution in [0.25, 0.3) is 0 Å². The summed E-state index contributed by atoms with van der Waals surface area (Å²) in [5.41, 5.74) is 6.08. The summed E-state index contributed by atoms with van der Waals surface area (Å²) in [7, 11) is 3.80. The molecule has 2 bridgehead atoms. The van der Waals surface area contributed by atoms with Gasteiger partial charge in [0.25, 0.3) is 5.91 Å². The summed E-state index contributed by atoms with van der Waals surface area (Å²) < 4.78 is 0. The molecule has 1 atom stereocenters. The van der Waals surface area contributed by atoms with Crippen molar-refractivity contribution in [1.29, 1.82) is 0 Å². The molecule has 0 fully saturated rings. The van der Waals surface area contributed by atoms with Crippen LogP contribution in [0.3, 0.4) is 0 Å². The second-order valence-corrected chi connectivity index (χ2v) is 8.17. The number of fused-ring (bicyclic) bond motifs is 1. The smallest absolute Gasteiger partial charge is 0.271 e. The molecule has 29 heavy (non-hydrogen) atoms. The van der Waals surface area contributed by atoms with Gasteiger partial charge in [0.05, 0.1) is 0 Å². The zero-order valence-corrected chi connectivity index (χ0v) is 16.7. The average Bonchev–Trinajstić information content (AvgIpc) is 2.77. The number of nitrogens with zero attached hydrogens (tertiary/aromatic N) is 3. The molecule has 5 heteroatoms. The minimum absolute atomic E-state index is 0.161. The number of rotatable bonds is 4. The molecule has 1 aromatic heterocycles. The Morgan fingerprint density at radius 1 is 0.931 bits per heavy atom. The summed E-state index contributed by atoms with van der Waals surface area (Å²) in [5.74, 6) is 1.69. The van der Waals surface area contributed by atoms with Gasteiger partial charge in [0.15, 0.2) is 11.5 Å². The summed E-state index contributed by atoms with van der Waals surface area (Å²) in [6.45, 7) is 0.639. The minimum Gasteiger partial charge on any atom is -0.361 e. The standard InChI is InChI=1S/C24H24N4O/c1-28(2)22-12-11-21(26-27-22)24(29)25-14-15-13-20-16-7-3-5-9-18(16)23(15)19-10-6-4-8-17(19)20/h3-12,15,20,23H,13-14H2,1-2H3,(H,25,29). The van der Waals surface area contributed by atoms with E-state index >= 15 is 0 Å². The monoisotopic (exact) mass is 384 g/mol. The van der Waals surface area contributed by atoms with Gasteiger partial charge in [-0.2, -0.15) is 0 Å². The van der Waals surface area contributed by atoms with Crippen LogP contribution >= 0.6 is 0 Å². The van der Waals surface area contributed by atoms with Gasteiger partial charge in [0, 0.05) is 32.5 Å². The predicted octanol–water partition coefficient (Wildman–Crippen LogP) is 3.57. The molecule has 1 heterocycles. The number of benzene rings is 2. The average molecular weight is 384 g/mol. The quantitative estimate of drug-likeness (QED) is 0.747. The lowest BCUT2D eigenvalue weighted by atomic mass is 9.59. The number of hydrogen-bond acceptors (Lipinski definition) is 4. The highest BCUT2D eigenvalue weighted by Gasteiger charge is 2.42. The van der Waals surface area contributed by atoms with Gasteiger partial charge in [0.1, 0.15) is 0 Å². The SMILES string of the molecule is CN(C)c1ccc(C(=O)NCC2CC3c4ccccc4C2c2ccccc23)nn1. The molecule has 6 rings (SSSR count). The Kier molecular flexibility index (Phi) is 4.31. The van der Waals surface area contributed by atoms with Crippen LogP contribution in [0.15, 0.2) is 60.7 Å². The van der Waals surface area contributed by atoms with Crippen molar-refractivity contribution in [2.24, 2.45) is 5.92 Å². The second-order valence-electron chi connectivity index (χ2n) is 8.17. The number of carbonyl (C=O) groups excluding carboxylic acids is 1. The molecular formula is C24H24N4O. The lowest BCUT2D eigenvalue weighted by Crippen LogP contribution is -2.39. The molecule has 0 saturated carbocycles. The normalized spacial score (nSPS) is 21.2.